The molecule has 0 fully saturated rings. The van der Waals surface area contributed by atoms with Crippen LogP contribution in [0.3, 0.4) is 0 Å². The molecule has 4 nitrogen and oxygen atoms in total. The maximum absolute atomic E-state index is 12.8. The molecule has 0 unspecified atom stereocenters. The van der Waals surface area contributed by atoms with Crippen LogP contribution >= 0.6 is 0 Å². The van der Waals surface area contributed by atoms with Crippen LogP contribution in [-0.4, -0.2) is 24.1 Å². The van der Waals surface area contributed by atoms with Gasteiger partial charge in [-0.1, -0.05) is 43.7 Å². The predicted octanol–water partition coefficient (Wildman–Crippen LogP) is 3.63. The second-order valence-electron chi connectivity index (χ2n) is 5.93. The minimum Gasteiger partial charge on any atom is -0.462 e. The Kier molecular flexibility index (Phi) is 6.60. The van der Waals surface area contributed by atoms with Crippen molar-refractivity contribution in [3.05, 3.63) is 35.9 Å². The normalized spacial score (nSPS) is 11.6. The molecule has 122 valence electrons. The van der Waals surface area contributed by atoms with Crippen molar-refractivity contribution in [1.29, 1.82) is 0 Å². The average molecular weight is 306 g/mol. The van der Waals surface area contributed by atoms with Crippen molar-refractivity contribution in [2.45, 2.75) is 65.1 Å². The highest BCUT2D eigenvalue weighted by atomic mass is 16.6. The lowest BCUT2D eigenvalue weighted by atomic mass is 9.76. The van der Waals surface area contributed by atoms with Crippen molar-refractivity contribution in [3.8, 4) is 0 Å². The number of esters is 2. The summed E-state index contributed by atoms with van der Waals surface area (Å²) in [6.07, 6.45) is 0.433. The van der Waals surface area contributed by atoms with E-state index < -0.39 is 17.4 Å². The van der Waals surface area contributed by atoms with Crippen LogP contribution < -0.4 is 0 Å². The van der Waals surface area contributed by atoms with Crippen LogP contribution in [0.2, 0.25) is 0 Å². The molecule has 0 heterocycles. The molecule has 0 aliphatic carbocycles. The predicted molar refractivity (Wildman–Crippen MR) is 85.5 cm³/mol. The molecule has 1 aromatic carbocycles. The molecule has 0 amide bonds. The highest BCUT2D eigenvalue weighted by Gasteiger charge is 2.50. The fourth-order valence-electron chi connectivity index (χ4n) is 2.39. The van der Waals surface area contributed by atoms with E-state index in [0.29, 0.717) is 18.4 Å². The highest BCUT2D eigenvalue weighted by molar-refractivity contribution is 6.06. The third-order valence-corrected chi connectivity index (χ3v) is 3.27. The lowest BCUT2D eigenvalue weighted by Crippen LogP contribution is -2.47. The van der Waals surface area contributed by atoms with Gasteiger partial charge in [0.2, 0.25) is 0 Å². The van der Waals surface area contributed by atoms with Crippen molar-refractivity contribution in [2.24, 2.45) is 0 Å². The zero-order valence-corrected chi connectivity index (χ0v) is 14.1. The summed E-state index contributed by atoms with van der Waals surface area (Å²) in [4.78, 5) is 25.5. The quantitative estimate of drug-likeness (QED) is 0.570. The Morgan fingerprint density at radius 1 is 0.955 bits per heavy atom. The molecule has 0 radical (unpaired) electrons. The van der Waals surface area contributed by atoms with Crippen molar-refractivity contribution in [3.63, 3.8) is 0 Å². The summed E-state index contributed by atoms with van der Waals surface area (Å²) in [7, 11) is 0. The van der Waals surface area contributed by atoms with Crippen LogP contribution in [0, 0.1) is 0 Å². The molecule has 4 heteroatoms. The van der Waals surface area contributed by atoms with Gasteiger partial charge in [-0.3, -0.25) is 9.59 Å². The number of carbonyl (C=O) groups is 2. The molecule has 0 atom stereocenters. The van der Waals surface area contributed by atoms with Crippen LogP contribution in [0.15, 0.2) is 30.3 Å². The zero-order chi connectivity index (χ0) is 16.8. The highest BCUT2D eigenvalue weighted by Crippen LogP contribution is 2.33. The molecule has 1 rings (SSSR count). The van der Waals surface area contributed by atoms with Gasteiger partial charge < -0.3 is 9.47 Å². The van der Waals surface area contributed by atoms with Gasteiger partial charge in [0.25, 0.3) is 0 Å². The molecule has 0 bridgehead atoms. The minimum absolute atomic E-state index is 0.292. The van der Waals surface area contributed by atoms with Gasteiger partial charge in [-0.25, -0.2) is 0 Å². The monoisotopic (exact) mass is 306 g/mol. The summed E-state index contributed by atoms with van der Waals surface area (Å²) in [6.45, 7) is 9.02. The largest absolute Gasteiger partial charge is 0.462 e. The SMILES string of the molecule is CCCC(C(=O)OC(C)C)(C(=O)OC(C)C)c1ccccc1. The summed E-state index contributed by atoms with van der Waals surface area (Å²) in [5.41, 5.74) is -0.780. The standard InChI is InChI=1S/C18H26O4/c1-6-12-18(16(19)21-13(2)3,17(20)22-14(4)5)15-10-8-7-9-11-15/h7-11,13-14H,6,12H2,1-5H3. The summed E-state index contributed by atoms with van der Waals surface area (Å²) >= 11 is 0. The van der Waals surface area contributed by atoms with Crippen LogP contribution in [0.1, 0.15) is 53.0 Å². The van der Waals surface area contributed by atoms with Crippen LogP contribution in [0.4, 0.5) is 0 Å². The number of benzene rings is 1. The van der Waals surface area contributed by atoms with E-state index in [1.54, 1.807) is 39.8 Å². The molecule has 1 aromatic rings. The molecule has 0 N–H and O–H groups in total. The van der Waals surface area contributed by atoms with Crippen molar-refractivity contribution in [2.75, 3.05) is 0 Å². The first kappa shape index (κ1) is 18.2. The number of ether oxygens (including phenoxy) is 2. The van der Waals surface area contributed by atoms with Crippen molar-refractivity contribution >= 4 is 11.9 Å². The molecule has 0 saturated carbocycles. The second-order valence-corrected chi connectivity index (χ2v) is 5.93. The molecule has 22 heavy (non-hydrogen) atoms. The third-order valence-electron chi connectivity index (χ3n) is 3.27. The number of hydrogen-bond acceptors (Lipinski definition) is 4. The Balaban J connectivity index is 3.37. The average Bonchev–Trinajstić information content (AvgIpc) is 2.43. The number of rotatable bonds is 7. The van der Waals surface area contributed by atoms with Gasteiger partial charge in [-0.15, -0.1) is 0 Å². The Hall–Kier alpha value is -1.84. The van der Waals surface area contributed by atoms with Crippen LogP contribution in [0.5, 0.6) is 0 Å². The molecule has 0 spiro atoms. The first-order valence-corrected chi connectivity index (χ1v) is 7.82. The Morgan fingerprint density at radius 2 is 1.41 bits per heavy atom. The Labute approximate surface area is 132 Å². The van der Waals surface area contributed by atoms with Crippen LogP contribution in [-0.2, 0) is 24.5 Å². The minimum atomic E-state index is -1.40. The fraction of sp³-hybridized carbons (Fsp3) is 0.556. The van der Waals surface area contributed by atoms with Gasteiger partial charge in [-0.05, 0) is 39.7 Å². The third kappa shape index (κ3) is 4.09. The maximum atomic E-state index is 12.8. The molecular formula is C18H26O4. The van der Waals surface area contributed by atoms with Gasteiger partial charge >= 0.3 is 11.9 Å². The lowest BCUT2D eigenvalue weighted by Gasteiger charge is -2.31. The summed E-state index contributed by atoms with van der Waals surface area (Å²) in [5, 5.41) is 0. The number of hydrogen-bond donors (Lipinski definition) is 0. The van der Waals surface area contributed by atoms with E-state index in [-0.39, 0.29) is 12.2 Å². The molecule has 0 aliphatic heterocycles. The summed E-state index contributed by atoms with van der Waals surface area (Å²) < 4.78 is 10.8. The summed E-state index contributed by atoms with van der Waals surface area (Å²) in [6, 6.07) is 9.02. The van der Waals surface area contributed by atoms with Gasteiger partial charge in [0, 0.05) is 0 Å². The van der Waals surface area contributed by atoms with E-state index >= 15 is 0 Å². The van der Waals surface area contributed by atoms with Gasteiger partial charge in [0.15, 0.2) is 5.41 Å². The van der Waals surface area contributed by atoms with E-state index in [9.17, 15) is 9.59 Å². The molecule has 0 saturated heterocycles. The number of carbonyl (C=O) groups excluding carboxylic acids is 2. The van der Waals surface area contributed by atoms with Gasteiger partial charge in [0.1, 0.15) is 0 Å². The first-order valence-electron chi connectivity index (χ1n) is 7.82. The second kappa shape index (κ2) is 7.97. The van der Waals surface area contributed by atoms with E-state index in [1.165, 1.54) is 0 Å². The van der Waals surface area contributed by atoms with E-state index in [2.05, 4.69) is 0 Å². The molecule has 0 aromatic heterocycles. The molecule has 0 aliphatic rings. The Morgan fingerprint density at radius 3 is 1.77 bits per heavy atom. The van der Waals surface area contributed by atoms with E-state index in [4.69, 9.17) is 9.47 Å². The Bertz CT molecular complexity index is 469. The van der Waals surface area contributed by atoms with E-state index in [0.717, 1.165) is 0 Å². The smallest absolute Gasteiger partial charge is 0.328 e. The zero-order valence-electron chi connectivity index (χ0n) is 14.1. The topological polar surface area (TPSA) is 52.6 Å². The lowest BCUT2D eigenvalue weighted by molar-refractivity contribution is -0.170. The summed E-state index contributed by atoms with van der Waals surface area (Å²) in [5.74, 6) is -1.08. The maximum Gasteiger partial charge on any atom is 0.328 e. The fourth-order valence-corrected chi connectivity index (χ4v) is 2.39. The van der Waals surface area contributed by atoms with Crippen molar-refractivity contribution in [1.82, 2.24) is 0 Å². The van der Waals surface area contributed by atoms with E-state index in [1.807, 2.05) is 25.1 Å². The van der Waals surface area contributed by atoms with Gasteiger partial charge in [-0.2, -0.15) is 0 Å². The van der Waals surface area contributed by atoms with Gasteiger partial charge in [0.05, 0.1) is 12.2 Å². The van der Waals surface area contributed by atoms with Crippen LogP contribution in [0.25, 0.3) is 0 Å². The molecular weight excluding hydrogens is 280 g/mol. The van der Waals surface area contributed by atoms with Crippen molar-refractivity contribution < 1.29 is 19.1 Å². The first-order chi connectivity index (χ1) is 10.3.